The van der Waals surface area contributed by atoms with E-state index in [1.165, 1.54) is 0 Å². The molecular weight excluding hydrogens is 248 g/mol. The maximum absolute atomic E-state index is 11.8. The second-order valence-electron chi connectivity index (χ2n) is 4.76. The summed E-state index contributed by atoms with van der Waals surface area (Å²) in [5.41, 5.74) is 0. The van der Waals surface area contributed by atoms with E-state index in [4.69, 9.17) is 9.84 Å². The number of ether oxygens (including phenoxy) is 1. The highest BCUT2D eigenvalue weighted by molar-refractivity contribution is 5.82. The first-order valence-corrected chi connectivity index (χ1v) is 6.74. The molecule has 6 heteroatoms. The van der Waals surface area contributed by atoms with Gasteiger partial charge in [0.1, 0.15) is 6.04 Å². The first-order valence-electron chi connectivity index (χ1n) is 6.74. The Morgan fingerprint density at radius 1 is 1.26 bits per heavy atom. The molecule has 2 amide bonds. The lowest BCUT2D eigenvalue weighted by Crippen LogP contribution is -2.52. The first kappa shape index (κ1) is 17.7. The van der Waals surface area contributed by atoms with Gasteiger partial charge in [-0.15, -0.1) is 0 Å². The van der Waals surface area contributed by atoms with Gasteiger partial charge in [0.25, 0.3) is 0 Å². The highest BCUT2D eigenvalue weighted by atomic mass is 16.5. The molecule has 0 saturated carbocycles. The summed E-state index contributed by atoms with van der Waals surface area (Å²) in [6, 6.07) is -1.42. The third-order valence-electron chi connectivity index (χ3n) is 3.11. The summed E-state index contributed by atoms with van der Waals surface area (Å²) < 4.78 is 5.02. The Morgan fingerprint density at radius 2 is 1.89 bits per heavy atom. The zero-order chi connectivity index (χ0) is 14.8. The maximum atomic E-state index is 11.8. The molecule has 0 aliphatic carbocycles. The van der Waals surface area contributed by atoms with Crippen molar-refractivity contribution in [2.75, 3.05) is 13.7 Å². The number of carbonyl (C=O) groups is 2. The van der Waals surface area contributed by atoms with E-state index in [9.17, 15) is 9.59 Å². The summed E-state index contributed by atoms with van der Waals surface area (Å²) in [5, 5.41) is 14.4. The average molecular weight is 274 g/mol. The lowest BCUT2D eigenvalue weighted by atomic mass is 9.99. The number of methoxy groups -OCH3 is 1. The molecule has 3 atom stereocenters. The summed E-state index contributed by atoms with van der Waals surface area (Å²) in [4.78, 5) is 22.9. The number of carboxylic acid groups (broad SMARTS) is 1. The SMILES string of the molecule is CCCC(COC)NC(=O)N[C@H](C(=O)O)C(C)CC. The van der Waals surface area contributed by atoms with Gasteiger partial charge in [0, 0.05) is 7.11 Å². The van der Waals surface area contributed by atoms with Gasteiger partial charge < -0.3 is 20.5 Å². The Balaban J connectivity index is 4.42. The van der Waals surface area contributed by atoms with Gasteiger partial charge >= 0.3 is 12.0 Å². The van der Waals surface area contributed by atoms with Crippen LogP contribution in [-0.4, -0.2) is 42.9 Å². The third-order valence-corrected chi connectivity index (χ3v) is 3.11. The monoisotopic (exact) mass is 274 g/mol. The number of urea groups is 1. The van der Waals surface area contributed by atoms with Crippen LogP contribution in [0.3, 0.4) is 0 Å². The molecule has 19 heavy (non-hydrogen) atoms. The van der Waals surface area contributed by atoms with Gasteiger partial charge in [-0.25, -0.2) is 9.59 Å². The molecule has 0 radical (unpaired) electrons. The van der Waals surface area contributed by atoms with E-state index < -0.39 is 18.0 Å². The molecule has 2 unspecified atom stereocenters. The fourth-order valence-electron chi connectivity index (χ4n) is 1.80. The highest BCUT2D eigenvalue weighted by Crippen LogP contribution is 2.08. The molecule has 0 heterocycles. The lowest BCUT2D eigenvalue weighted by Gasteiger charge is -2.23. The summed E-state index contributed by atoms with van der Waals surface area (Å²) >= 11 is 0. The molecule has 0 aromatic rings. The number of hydrogen-bond acceptors (Lipinski definition) is 3. The maximum Gasteiger partial charge on any atom is 0.326 e. The van der Waals surface area contributed by atoms with Crippen LogP contribution in [0.25, 0.3) is 0 Å². The average Bonchev–Trinajstić information content (AvgIpc) is 2.35. The molecule has 0 aliphatic rings. The van der Waals surface area contributed by atoms with Gasteiger partial charge in [0.2, 0.25) is 0 Å². The fourth-order valence-corrected chi connectivity index (χ4v) is 1.80. The minimum absolute atomic E-state index is 0.0959. The Kier molecular flexibility index (Phi) is 8.95. The first-order chi connectivity index (χ1) is 8.96. The molecule has 3 N–H and O–H groups in total. The Labute approximate surface area is 114 Å². The molecule has 0 rings (SSSR count). The molecule has 0 fully saturated rings. The number of hydrogen-bond donors (Lipinski definition) is 3. The summed E-state index contributed by atoms with van der Waals surface area (Å²) in [6.07, 6.45) is 2.40. The van der Waals surface area contributed by atoms with Crippen molar-refractivity contribution in [3.05, 3.63) is 0 Å². The second kappa shape index (κ2) is 9.61. The van der Waals surface area contributed by atoms with Crippen LogP contribution < -0.4 is 10.6 Å². The number of carbonyl (C=O) groups excluding carboxylic acids is 1. The van der Waals surface area contributed by atoms with E-state index in [2.05, 4.69) is 10.6 Å². The Bertz CT molecular complexity index is 278. The van der Waals surface area contributed by atoms with Crippen molar-refractivity contribution in [3.63, 3.8) is 0 Å². The highest BCUT2D eigenvalue weighted by Gasteiger charge is 2.25. The summed E-state index contributed by atoms with van der Waals surface area (Å²) in [7, 11) is 1.57. The van der Waals surface area contributed by atoms with Crippen LogP contribution in [0.2, 0.25) is 0 Å². The van der Waals surface area contributed by atoms with E-state index in [1.807, 2.05) is 13.8 Å². The lowest BCUT2D eigenvalue weighted by molar-refractivity contribution is -0.140. The molecular formula is C13H26N2O4. The summed E-state index contributed by atoms with van der Waals surface area (Å²) in [5.74, 6) is -1.13. The second-order valence-corrected chi connectivity index (χ2v) is 4.76. The van der Waals surface area contributed by atoms with Gasteiger partial charge in [-0.3, -0.25) is 0 Å². The minimum Gasteiger partial charge on any atom is -0.480 e. The zero-order valence-corrected chi connectivity index (χ0v) is 12.2. The van der Waals surface area contributed by atoms with E-state index in [1.54, 1.807) is 14.0 Å². The fraction of sp³-hybridized carbons (Fsp3) is 0.846. The van der Waals surface area contributed by atoms with E-state index in [0.717, 1.165) is 12.8 Å². The topological polar surface area (TPSA) is 87.7 Å². The zero-order valence-electron chi connectivity index (χ0n) is 12.2. The van der Waals surface area contributed by atoms with Crippen LogP contribution in [0.4, 0.5) is 4.79 Å². The molecule has 0 saturated heterocycles. The quantitative estimate of drug-likeness (QED) is 0.596. The minimum atomic E-state index is -1.01. The standard InChI is InChI=1S/C13H26N2O4/c1-5-7-10(8-19-4)14-13(18)15-11(12(16)17)9(3)6-2/h9-11H,5-8H2,1-4H3,(H,16,17)(H2,14,15,18)/t9?,10?,11-/m0/s1. The van der Waals surface area contributed by atoms with Crippen LogP contribution in [0.15, 0.2) is 0 Å². The third kappa shape index (κ3) is 7.00. The van der Waals surface area contributed by atoms with Crippen LogP contribution in [0, 0.1) is 5.92 Å². The van der Waals surface area contributed by atoms with Crippen LogP contribution in [0.1, 0.15) is 40.0 Å². The van der Waals surface area contributed by atoms with Gasteiger partial charge in [-0.05, 0) is 12.3 Å². The summed E-state index contributed by atoms with van der Waals surface area (Å²) in [6.45, 7) is 6.13. The molecule has 0 spiro atoms. The van der Waals surface area contributed by atoms with E-state index >= 15 is 0 Å². The molecule has 112 valence electrons. The predicted octanol–water partition coefficient (Wildman–Crippen LogP) is 1.60. The van der Waals surface area contributed by atoms with E-state index in [0.29, 0.717) is 13.0 Å². The van der Waals surface area contributed by atoms with Crippen molar-refractivity contribution in [2.24, 2.45) is 5.92 Å². The smallest absolute Gasteiger partial charge is 0.326 e. The van der Waals surface area contributed by atoms with E-state index in [-0.39, 0.29) is 12.0 Å². The van der Waals surface area contributed by atoms with Gasteiger partial charge in [0.05, 0.1) is 12.6 Å². The molecule has 0 aliphatic heterocycles. The number of aliphatic carboxylic acids is 1. The van der Waals surface area contributed by atoms with Crippen LogP contribution >= 0.6 is 0 Å². The number of amides is 2. The van der Waals surface area contributed by atoms with Crippen molar-refractivity contribution in [3.8, 4) is 0 Å². The number of nitrogens with one attached hydrogen (secondary N) is 2. The number of rotatable bonds is 9. The Hall–Kier alpha value is -1.30. The molecule has 0 bridgehead atoms. The van der Waals surface area contributed by atoms with Crippen molar-refractivity contribution in [2.45, 2.75) is 52.1 Å². The largest absolute Gasteiger partial charge is 0.480 e. The van der Waals surface area contributed by atoms with Gasteiger partial charge in [0.15, 0.2) is 0 Å². The Morgan fingerprint density at radius 3 is 2.32 bits per heavy atom. The van der Waals surface area contributed by atoms with Crippen molar-refractivity contribution < 1.29 is 19.4 Å². The molecule has 0 aromatic carbocycles. The molecule has 0 aromatic heterocycles. The van der Waals surface area contributed by atoms with Crippen molar-refractivity contribution in [1.82, 2.24) is 10.6 Å². The number of carboxylic acids is 1. The van der Waals surface area contributed by atoms with Gasteiger partial charge in [-0.2, -0.15) is 0 Å². The van der Waals surface area contributed by atoms with Crippen molar-refractivity contribution >= 4 is 12.0 Å². The molecule has 6 nitrogen and oxygen atoms in total. The normalized spacial score (nSPS) is 15.4. The van der Waals surface area contributed by atoms with Crippen LogP contribution in [0.5, 0.6) is 0 Å². The van der Waals surface area contributed by atoms with Gasteiger partial charge in [-0.1, -0.05) is 33.6 Å². The predicted molar refractivity (Wildman–Crippen MR) is 73.1 cm³/mol. The van der Waals surface area contributed by atoms with Crippen molar-refractivity contribution in [1.29, 1.82) is 0 Å². The van der Waals surface area contributed by atoms with Crippen LogP contribution in [-0.2, 0) is 9.53 Å².